The molecule has 5 nitrogen and oxygen atoms in total. The molecule has 2 fully saturated rings. The van der Waals surface area contributed by atoms with Gasteiger partial charge in [-0.15, -0.1) is 0 Å². The van der Waals surface area contributed by atoms with Crippen LogP contribution in [0.4, 0.5) is 5.69 Å². The molecule has 3 unspecified atom stereocenters. The number of rotatable bonds is 3. The predicted molar refractivity (Wildman–Crippen MR) is 76.6 cm³/mol. The van der Waals surface area contributed by atoms with Gasteiger partial charge in [-0.2, -0.15) is 9.97 Å². The van der Waals surface area contributed by atoms with E-state index < -0.39 is 0 Å². The normalized spacial score (nSPS) is 34.2. The Hall–Kier alpha value is -1.52. The van der Waals surface area contributed by atoms with E-state index in [0.29, 0.717) is 22.9 Å². The molecule has 0 radical (unpaired) electrons. The number of nitrogens with two attached hydrogens (primary N) is 1. The molecule has 1 heterocycles. The van der Waals surface area contributed by atoms with E-state index >= 15 is 0 Å². The van der Waals surface area contributed by atoms with Crippen molar-refractivity contribution in [2.75, 3.05) is 12.8 Å². The van der Waals surface area contributed by atoms with Crippen molar-refractivity contribution in [3.05, 3.63) is 6.33 Å². The predicted octanol–water partition coefficient (Wildman–Crippen LogP) is 2.66. The summed E-state index contributed by atoms with van der Waals surface area (Å²) in [5.41, 5.74) is 6.89. The van der Waals surface area contributed by atoms with Crippen LogP contribution >= 0.6 is 0 Å². The van der Waals surface area contributed by atoms with E-state index in [1.54, 1.807) is 7.11 Å². The van der Waals surface area contributed by atoms with Gasteiger partial charge >= 0.3 is 0 Å². The molecule has 2 N–H and O–H groups in total. The van der Waals surface area contributed by atoms with E-state index in [2.05, 4.69) is 30.7 Å². The van der Waals surface area contributed by atoms with Gasteiger partial charge < -0.3 is 15.2 Å². The van der Waals surface area contributed by atoms with Crippen molar-refractivity contribution in [1.29, 1.82) is 0 Å². The molecule has 5 heteroatoms. The highest BCUT2D eigenvalue weighted by Gasteiger charge is 2.62. The van der Waals surface area contributed by atoms with E-state index in [9.17, 15) is 0 Å². The molecule has 0 saturated heterocycles. The Balaban J connectivity index is 1.87. The Morgan fingerprint density at radius 2 is 1.95 bits per heavy atom. The molecule has 2 aliphatic carbocycles. The molecule has 3 atom stereocenters. The third-order valence-corrected chi connectivity index (χ3v) is 5.97. The van der Waals surface area contributed by atoms with Crippen molar-refractivity contribution in [2.24, 2.45) is 16.7 Å². The van der Waals surface area contributed by atoms with E-state index in [0.717, 1.165) is 12.3 Å². The number of anilines is 1. The van der Waals surface area contributed by atoms with E-state index in [4.69, 9.17) is 15.2 Å². The fraction of sp³-hybridized carbons (Fsp3) is 0.733. The van der Waals surface area contributed by atoms with Crippen molar-refractivity contribution in [1.82, 2.24) is 9.97 Å². The summed E-state index contributed by atoms with van der Waals surface area (Å²) in [6.07, 6.45) is 5.18. The van der Waals surface area contributed by atoms with Crippen LogP contribution in [0.3, 0.4) is 0 Å². The van der Waals surface area contributed by atoms with Gasteiger partial charge in [-0.25, -0.2) is 0 Å². The van der Waals surface area contributed by atoms with E-state index in [1.165, 1.54) is 19.2 Å². The van der Waals surface area contributed by atoms with Crippen LogP contribution in [0, 0.1) is 16.7 Å². The van der Waals surface area contributed by atoms with Gasteiger partial charge in [-0.3, -0.25) is 0 Å². The highest BCUT2D eigenvalue weighted by atomic mass is 16.5. The summed E-state index contributed by atoms with van der Waals surface area (Å²) in [6.45, 7) is 7.05. The second-order valence-electron chi connectivity index (χ2n) is 6.82. The lowest BCUT2D eigenvalue weighted by Gasteiger charge is -2.38. The third-order valence-electron chi connectivity index (χ3n) is 5.97. The van der Waals surface area contributed by atoms with Gasteiger partial charge in [0.05, 0.1) is 7.11 Å². The fourth-order valence-corrected chi connectivity index (χ4v) is 4.06. The van der Waals surface area contributed by atoms with Crippen LogP contribution < -0.4 is 15.2 Å². The lowest BCUT2D eigenvalue weighted by atomic mass is 9.70. The van der Waals surface area contributed by atoms with Crippen molar-refractivity contribution < 1.29 is 9.47 Å². The van der Waals surface area contributed by atoms with Crippen molar-refractivity contribution in [2.45, 2.75) is 46.1 Å². The number of hydrogen-bond acceptors (Lipinski definition) is 5. The van der Waals surface area contributed by atoms with Crippen LogP contribution in [0.2, 0.25) is 0 Å². The van der Waals surface area contributed by atoms with Crippen molar-refractivity contribution in [3.8, 4) is 11.8 Å². The molecule has 0 amide bonds. The second-order valence-corrected chi connectivity index (χ2v) is 6.82. The van der Waals surface area contributed by atoms with Crippen LogP contribution in [0.25, 0.3) is 0 Å². The maximum Gasteiger partial charge on any atom is 0.244 e. The van der Waals surface area contributed by atoms with Crippen LogP contribution in [-0.4, -0.2) is 23.2 Å². The minimum absolute atomic E-state index is 0.165. The van der Waals surface area contributed by atoms with E-state index in [-0.39, 0.29) is 11.5 Å². The monoisotopic (exact) mass is 277 g/mol. The van der Waals surface area contributed by atoms with Gasteiger partial charge in [-0.1, -0.05) is 20.8 Å². The smallest absolute Gasteiger partial charge is 0.244 e. The number of nitrogens with zero attached hydrogens (tertiary/aromatic N) is 2. The molecular formula is C15H23N3O2. The number of nitrogen functional groups attached to an aromatic ring is 1. The lowest BCUT2D eigenvalue weighted by Crippen LogP contribution is -2.39. The van der Waals surface area contributed by atoms with Gasteiger partial charge in [0.15, 0.2) is 5.69 Å². The van der Waals surface area contributed by atoms with Crippen LogP contribution in [0.5, 0.6) is 11.8 Å². The first-order valence-electron chi connectivity index (χ1n) is 7.21. The van der Waals surface area contributed by atoms with Crippen molar-refractivity contribution in [3.63, 3.8) is 0 Å². The average Bonchev–Trinajstić information content (AvgIpc) is 2.74. The topological polar surface area (TPSA) is 70.3 Å². The summed E-state index contributed by atoms with van der Waals surface area (Å²) in [7, 11) is 1.55. The first-order valence-corrected chi connectivity index (χ1v) is 7.21. The van der Waals surface area contributed by atoms with Crippen LogP contribution in [0.15, 0.2) is 6.33 Å². The molecule has 0 aromatic carbocycles. The number of methoxy groups -OCH3 is 1. The maximum absolute atomic E-state index is 6.17. The third kappa shape index (κ3) is 1.61. The summed E-state index contributed by atoms with van der Waals surface area (Å²) in [5.74, 6) is 1.55. The summed E-state index contributed by atoms with van der Waals surface area (Å²) in [5, 5.41) is 0. The Morgan fingerprint density at radius 1 is 1.25 bits per heavy atom. The molecule has 3 rings (SSSR count). The Morgan fingerprint density at radius 3 is 2.50 bits per heavy atom. The summed E-state index contributed by atoms with van der Waals surface area (Å²) < 4.78 is 11.3. The number of fused-ring (bicyclic) bond motifs is 2. The molecule has 2 bridgehead atoms. The molecule has 2 aliphatic rings. The zero-order valence-corrected chi connectivity index (χ0v) is 12.6. The second kappa shape index (κ2) is 4.24. The lowest BCUT2D eigenvalue weighted by molar-refractivity contribution is 0.0276. The van der Waals surface area contributed by atoms with Gasteiger partial charge in [0.2, 0.25) is 11.8 Å². The number of hydrogen-bond donors (Lipinski definition) is 1. The SMILES string of the molecule is COc1ncnc(OC2CC3CCC2(C)C3(C)C)c1N. The standard InChI is InChI=1S/C15H23N3O2/c1-14(2)9-5-6-15(14,3)10(7-9)20-13-11(16)12(19-4)17-8-18-13/h8-10H,5-7,16H2,1-4H3. The van der Waals surface area contributed by atoms with Gasteiger partial charge in [-0.05, 0) is 30.6 Å². The molecule has 110 valence electrons. The Bertz CT molecular complexity index is 532. The molecule has 1 aromatic heterocycles. The first-order chi connectivity index (χ1) is 9.40. The molecule has 20 heavy (non-hydrogen) atoms. The summed E-state index contributed by atoms with van der Waals surface area (Å²) in [6, 6.07) is 0. The van der Waals surface area contributed by atoms with Gasteiger partial charge in [0.25, 0.3) is 0 Å². The molecule has 2 saturated carbocycles. The molecule has 0 aliphatic heterocycles. The largest absolute Gasteiger partial charge is 0.479 e. The van der Waals surface area contributed by atoms with Crippen LogP contribution in [-0.2, 0) is 0 Å². The maximum atomic E-state index is 6.17. The van der Waals surface area contributed by atoms with Gasteiger partial charge in [0, 0.05) is 5.41 Å². The van der Waals surface area contributed by atoms with E-state index in [1.807, 2.05) is 0 Å². The number of ether oxygens (including phenoxy) is 2. The fourth-order valence-electron chi connectivity index (χ4n) is 4.06. The summed E-state index contributed by atoms with van der Waals surface area (Å²) in [4.78, 5) is 8.16. The zero-order valence-electron chi connectivity index (χ0n) is 12.6. The quantitative estimate of drug-likeness (QED) is 0.919. The Kier molecular flexibility index (Phi) is 2.85. The minimum Gasteiger partial charge on any atom is -0.479 e. The molecule has 1 aromatic rings. The molecular weight excluding hydrogens is 254 g/mol. The van der Waals surface area contributed by atoms with Gasteiger partial charge in [0.1, 0.15) is 12.4 Å². The highest BCUT2D eigenvalue weighted by molar-refractivity contribution is 5.55. The summed E-state index contributed by atoms with van der Waals surface area (Å²) >= 11 is 0. The number of aromatic nitrogens is 2. The average molecular weight is 277 g/mol. The highest BCUT2D eigenvalue weighted by Crippen LogP contribution is 2.66. The first kappa shape index (κ1) is 13.5. The minimum atomic E-state index is 0.165. The van der Waals surface area contributed by atoms with Crippen LogP contribution in [0.1, 0.15) is 40.0 Å². The zero-order chi connectivity index (χ0) is 14.5. The van der Waals surface area contributed by atoms with Crippen molar-refractivity contribution >= 4 is 5.69 Å². The molecule has 0 spiro atoms. The Labute approximate surface area is 119 Å².